The maximum Gasteiger partial charge on any atom is 0.387 e. The van der Waals surface area contributed by atoms with Crippen LogP contribution in [0.15, 0.2) is 18.2 Å². The highest BCUT2D eigenvalue weighted by Crippen LogP contribution is 2.34. The van der Waals surface area contributed by atoms with Gasteiger partial charge in [0.1, 0.15) is 0 Å². The zero-order chi connectivity index (χ0) is 15.4. The van der Waals surface area contributed by atoms with E-state index < -0.39 is 6.61 Å². The number of ether oxygens (including phenoxy) is 2. The Morgan fingerprint density at radius 3 is 2.55 bits per heavy atom. The van der Waals surface area contributed by atoms with Gasteiger partial charge in [-0.3, -0.25) is 4.79 Å². The van der Waals surface area contributed by atoms with Crippen molar-refractivity contribution in [1.82, 2.24) is 5.32 Å². The smallest absolute Gasteiger partial charge is 0.387 e. The summed E-state index contributed by atoms with van der Waals surface area (Å²) in [5.74, 6) is 0.327. The molecule has 1 fully saturated rings. The number of benzene rings is 1. The van der Waals surface area contributed by atoms with Gasteiger partial charge in [-0.1, -0.05) is 7.43 Å². The molecule has 1 aromatic carbocycles. The number of hydrogen-bond donors (Lipinski definition) is 1. The number of alkyl halides is 2. The van der Waals surface area contributed by atoms with Gasteiger partial charge in [-0.2, -0.15) is 8.78 Å². The lowest BCUT2D eigenvalue weighted by molar-refractivity contribution is -0.0515. The molecule has 0 unspecified atom stereocenters. The number of amides is 1. The van der Waals surface area contributed by atoms with Crippen LogP contribution in [0.2, 0.25) is 0 Å². The van der Waals surface area contributed by atoms with Crippen LogP contribution in [0.3, 0.4) is 0 Å². The zero-order valence-corrected chi connectivity index (χ0v) is 12.1. The number of carbonyl (C=O) groups is 1. The summed E-state index contributed by atoms with van der Waals surface area (Å²) in [6.45, 7) is 1.21. The third-order valence-electron chi connectivity index (χ3n) is 3.01. The zero-order valence-electron chi connectivity index (χ0n) is 12.1. The summed E-state index contributed by atoms with van der Waals surface area (Å²) >= 11 is 0. The molecule has 2 rings (SSSR count). The molecule has 1 aliphatic carbocycles. The average Bonchev–Trinajstić information content (AvgIpc) is 3.20. The van der Waals surface area contributed by atoms with Crippen LogP contribution in [0.5, 0.6) is 11.5 Å². The third kappa shape index (κ3) is 5.50. The van der Waals surface area contributed by atoms with E-state index in [4.69, 9.17) is 4.74 Å². The summed E-state index contributed by atoms with van der Waals surface area (Å²) in [7, 11) is 0. The molecule has 0 atom stereocenters. The SMILES string of the molecule is C.CC(C)NC(=O)c1ccc(OC(F)F)c(OCC2CC2)c1. The van der Waals surface area contributed by atoms with Crippen LogP contribution >= 0.6 is 0 Å². The molecule has 22 heavy (non-hydrogen) atoms. The fourth-order valence-corrected chi connectivity index (χ4v) is 1.79. The molecule has 0 spiro atoms. The van der Waals surface area contributed by atoms with Gasteiger partial charge in [-0.05, 0) is 50.8 Å². The first kappa shape index (κ1) is 18.2. The van der Waals surface area contributed by atoms with E-state index in [9.17, 15) is 13.6 Å². The quantitative estimate of drug-likeness (QED) is 0.831. The van der Waals surface area contributed by atoms with Gasteiger partial charge < -0.3 is 14.8 Å². The first-order valence-electron chi connectivity index (χ1n) is 6.98. The number of nitrogens with one attached hydrogen (secondary N) is 1. The molecule has 0 radical (unpaired) electrons. The summed E-state index contributed by atoms with van der Waals surface area (Å²) in [6.07, 6.45) is 2.16. The molecule has 0 bridgehead atoms. The summed E-state index contributed by atoms with van der Waals surface area (Å²) in [4.78, 5) is 11.9. The van der Waals surface area contributed by atoms with E-state index in [0.29, 0.717) is 18.1 Å². The standard InChI is InChI=1S/C15H19F2NO3.CH4/c1-9(2)18-14(19)11-5-6-12(21-15(16)17)13(7-11)20-8-10-3-4-10;/h5-7,9-10,15H,3-4,8H2,1-2H3,(H,18,19);1H4. The van der Waals surface area contributed by atoms with E-state index in [1.54, 1.807) is 0 Å². The Kier molecular flexibility index (Phi) is 6.59. The highest BCUT2D eigenvalue weighted by Gasteiger charge is 2.23. The molecule has 0 saturated heterocycles. The van der Waals surface area contributed by atoms with E-state index >= 15 is 0 Å². The molecule has 1 N–H and O–H groups in total. The van der Waals surface area contributed by atoms with Crippen LogP contribution in [-0.4, -0.2) is 25.2 Å². The Morgan fingerprint density at radius 2 is 2.00 bits per heavy atom. The molecule has 0 heterocycles. The average molecular weight is 315 g/mol. The van der Waals surface area contributed by atoms with Crippen LogP contribution in [-0.2, 0) is 0 Å². The van der Waals surface area contributed by atoms with Crippen molar-refractivity contribution in [3.05, 3.63) is 23.8 Å². The first-order chi connectivity index (χ1) is 9.95. The van der Waals surface area contributed by atoms with E-state index in [1.165, 1.54) is 18.2 Å². The molecule has 6 heteroatoms. The van der Waals surface area contributed by atoms with Crippen molar-refractivity contribution >= 4 is 5.91 Å². The van der Waals surface area contributed by atoms with Gasteiger partial charge in [-0.25, -0.2) is 0 Å². The van der Waals surface area contributed by atoms with E-state index in [-0.39, 0.29) is 30.9 Å². The second kappa shape index (κ2) is 7.96. The van der Waals surface area contributed by atoms with Crippen molar-refractivity contribution in [3.8, 4) is 11.5 Å². The monoisotopic (exact) mass is 315 g/mol. The van der Waals surface area contributed by atoms with Gasteiger partial charge in [0, 0.05) is 11.6 Å². The second-order valence-corrected chi connectivity index (χ2v) is 5.42. The van der Waals surface area contributed by atoms with Crippen molar-refractivity contribution in [2.45, 2.75) is 46.8 Å². The molecule has 4 nitrogen and oxygen atoms in total. The van der Waals surface area contributed by atoms with Crippen LogP contribution in [0.4, 0.5) is 8.78 Å². The Bertz CT molecular complexity index is 502. The van der Waals surface area contributed by atoms with Gasteiger partial charge in [0.15, 0.2) is 11.5 Å². The van der Waals surface area contributed by atoms with Crippen molar-refractivity contribution in [1.29, 1.82) is 0 Å². The summed E-state index contributed by atoms with van der Waals surface area (Å²) in [5.41, 5.74) is 0.358. The topological polar surface area (TPSA) is 47.6 Å². The number of rotatable bonds is 7. The second-order valence-electron chi connectivity index (χ2n) is 5.42. The normalized spacial score (nSPS) is 13.7. The Labute approximate surface area is 129 Å². The van der Waals surface area contributed by atoms with Crippen LogP contribution in [0, 0.1) is 5.92 Å². The third-order valence-corrected chi connectivity index (χ3v) is 3.01. The Morgan fingerprint density at radius 1 is 1.32 bits per heavy atom. The minimum Gasteiger partial charge on any atom is -0.489 e. The highest BCUT2D eigenvalue weighted by atomic mass is 19.3. The van der Waals surface area contributed by atoms with Gasteiger partial charge in [-0.15, -0.1) is 0 Å². The number of carbonyl (C=O) groups excluding carboxylic acids is 1. The summed E-state index contributed by atoms with van der Waals surface area (Å²) in [5, 5.41) is 2.74. The minimum atomic E-state index is -2.93. The molecule has 1 amide bonds. The van der Waals surface area contributed by atoms with E-state index in [2.05, 4.69) is 10.1 Å². The Hall–Kier alpha value is -1.85. The van der Waals surface area contributed by atoms with Crippen LogP contribution in [0.25, 0.3) is 0 Å². The van der Waals surface area contributed by atoms with Crippen molar-refractivity contribution in [3.63, 3.8) is 0 Å². The summed E-state index contributed by atoms with van der Waals surface area (Å²) < 4.78 is 34.7. The highest BCUT2D eigenvalue weighted by molar-refractivity contribution is 5.95. The Balaban J connectivity index is 0.00000242. The van der Waals surface area contributed by atoms with E-state index in [1.807, 2.05) is 13.8 Å². The lowest BCUT2D eigenvalue weighted by Crippen LogP contribution is -2.30. The van der Waals surface area contributed by atoms with Gasteiger partial charge in [0.05, 0.1) is 6.61 Å². The largest absolute Gasteiger partial charge is 0.489 e. The first-order valence-corrected chi connectivity index (χ1v) is 6.98. The molecule has 1 aliphatic rings. The van der Waals surface area contributed by atoms with Crippen molar-refractivity contribution in [2.24, 2.45) is 5.92 Å². The fourth-order valence-electron chi connectivity index (χ4n) is 1.79. The molecular formula is C16H23F2NO3. The van der Waals surface area contributed by atoms with Crippen LogP contribution < -0.4 is 14.8 Å². The molecule has 0 aliphatic heterocycles. The fraction of sp³-hybridized carbons (Fsp3) is 0.562. The molecular weight excluding hydrogens is 292 g/mol. The lowest BCUT2D eigenvalue weighted by Gasteiger charge is -2.14. The predicted molar refractivity (Wildman–Crippen MR) is 80.6 cm³/mol. The van der Waals surface area contributed by atoms with Crippen molar-refractivity contribution in [2.75, 3.05) is 6.61 Å². The van der Waals surface area contributed by atoms with Crippen molar-refractivity contribution < 1.29 is 23.0 Å². The van der Waals surface area contributed by atoms with Gasteiger partial charge in [0.2, 0.25) is 0 Å². The maximum absolute atomic E-state index is 12.4. The predicted octanol–water partition coefficient (Wildman–Crippen LogP) is 3.85. The molecule has 1 saturated carbocycles. The molecule has 124 valence electrons. The number of halogens is 2. The number of hydrogen-bond acceptors (Lipinski definition) is 3. The van der Waals surface area contributed by atoms with Gasteiger partial charge >= 0.3 is 6.61 Å². The molecule has 1 aromatic rings. The minimum absolute atomic E-state index is 0. The van der Waals surface area contributed by atoms with Crippen LogP contribution in [0.1, 0.15) is 44.5 Å². The van der Waals surface area contributed by atoms with E-state index in [0.717, 1.165) is 12.8 Å². The van der Waals surface area contributed by atoms with Gasteiger partial charge in [0.25, 0.3) is 5.91 Å². The summed E-state index contributed by atoms with van der Waals surface area (Å²) in [6, 6.07) is 4.21. The molecule has 0 aromatic heterocycles. The maximum atomic E-state index is 12.4. The lowest BCUT2D eigenvalue weighted by atomic mass is 10.1.